The maximum atomic E-state index is 10.6. The predicted molar refractivity (Wildman–Crippen MR) is 37.6 cm³/mol. The molecule has 0 rings (SSSR count). The summed E-state index contributed by atoms with van der Waals surface area (Å²) in [4.78, 5) is 10.6. The number of hydrogen-bond acceptors (Lipinski definition) is 3. The number of aliphatic hydroxyl groups excluding tert-OH is 1. The maximum absolute atomic E-state index is 10.6. The van der Waals surface area contributed by atoms with Crippen molar-refractivity contribution in [3.63, 3.8) is 0 Å². The van der Waals surface area contributed by atoms with Crippen LogP contribution in [0.25, 0.3) is 0 Å². The molecule has 0 aromatic carbocycles. The van der Waals surface area contributed by atoms with Crippen molar-refractivity contribution in [3.8, 4) is 0 Å². The Balaban J connectivity index is 3.63. The van der Waals surface area contributed by atoms with Gasteiger partial charge in [-0.2, -0.15) is 0 Å². The first-order chi connectivity index (χ1) is 4.72. The van der Waals surface area contributed by atoms with Crippen LogP contribution in [0.1, 0.15) is 20.3 Å². The molecular formula is C7H12O3. The molecule has 0 aromatic rings. The van der Waals surface area contributed by atoms with Gasteiger partial charge in [0.1, 0.15) is 0 Å². The molecular weight excluding hydrogens is 132 g/mol. The second-order valence-corrected chi connectivity index (χ2v) is 1.81. The van der Waals surface area contributed by atoms with Crippen LogP contribution in [0.4, 0.5) is 0 Å². The number of hydrogen-bond donors (Lipinski definition) is 1. The molecule has 1 N–H and O–H groups in total. The molecule has 3 nitrogen and oxygen atoms in total. The minimum atomic E-state index is -0.649. The summed E-state index contributed by atoms with van der Waals surface area (Å²) in [6.07, 6.45) is 2.07. The zero-order valence-corrected chi connectivity index (χ0v) is 6.26. The van der Waals surface area contributed by atoms with Gasteiger partial charge in [0, 0.05) is 0 Å². The number of aliphatic hydroxyl groups is 1. The number of carbonyl (C=O) groups excluding carboxylic acids is 1. The molecule has 0 fully saturated rings. The van der Waals surface area contributed by atoms with Crippen molar-refractivity contribution in [2.75, 3.05) is 6.61 Å². The quantitative estimate of drug-likeness (QED) is 0.370. The Kier molecular flexibility index (Phi) is 4.37. The van der Waals surface area contributed by atoms with E-state index in [1.807, 2.05) is 6.92 Å². The van der Waals surface area contributed by atoms with Crippen LogP contribution in [0.3, 0.4) is 0 Å². The van der Waals surface area contributed by atoms with E-state index < -0.39 is 5.97 Å². The Morgan fingerprint density at radius 3 is 2.70 bits per heavy atom. The molecule has 0 aromatic heterocycles. The van der Waals surface area contributed by atoms with Crippen LogP contribution >= 0.6 is 0 Å². The fourth-order valence-corrected chi connectivity index (χ4v) is 0.387. The topological polar surface area (TPSA) is 46.5 Å². The molecule has 0 radical (unpaired) electrons. The lowest BCUT2D eigenvalue weighted by Gasteiger charge is -1.99. The number of rotatable bonds is 3. The SMILES string of the molecule is C/C=C(/O)C(=O)OCCC. The summed E-state index contributed by atoms with van der Waals surface area (Å²) in [6.45, 7) is 3.82. The summed E-state index contributed by atoms with van der Waals surface area (Å²) in [6, 6.07) is 0. The van der Waals surface area contributed by atoms with Gasteiger partial charge in [0.25, 0.3) is 0 Å². The molecule has 0 bridgehead atoms. The summed E-state index contributed by atoms with van der Waals surface area (Å²) < 4.78 is 4.59. The van der Waals surface area contributed by atoms with Crippen LogP contribution in [-0.4, -0.2) is 17.7 Å². The number of ether oxygens (including phenoxy) is 1. The van der Waals surface area contributed by atoms with Crippen molar-refractivity contribution in [1.82, 2.24) is 0 Å². The Bertz CT molecular complexity index is 138. The van der Waals surface area contributed by atoms with E-state index in [2.05, 4.69) is 4.74 Å². The second kappa shape index (κ2) is 4.85. The smallest absolute Gasteiger partial charge is 0.373 e. The normalized spacial score (nSPS) is 11.2. The van der Waals surface area contributed by atoms with Crippen LogP contribution < -0.4 is 0 Å². The fourth-order valence-electron chi connectivity index (χ4n) is 0.387. The van der Waals surface area contributed by atoms with Gasteiger partial charge in [-0.25, -0.2) is 4.79 Å². The van der Waals surface area contributed by atoms with Gasteiger partial charge in [0.05, 0.1) is 6.61 Å². The minimum absolute atomic E-state index is 0.326. The first-order valence-electron chi connectivity index (χ1n) is 3.24. The third kappa shape index (κ3) is 3.12. The zero-order valence-electron chi connectivity index (χ0n) is 6.26. The molecule has 10 heavy (non-hydrogen) atoms. The lowest BCUT2D eigenvalue weighted by Crippen LogP contribution is -2.07. The van der Waals surface area contributed by atoms with E-state index in [0.717, 1.165) is 6.42 Å². The molecule has 3 heteroatoms. The average molecular weight is 144 g/mol. The van der Waals surface area contributed by atoms with E-state index in [-0.39, 0.29) is 5.76 Å². The highest BCUT2D eigenvalue weighted by Crippen LogP contribution is 1.92. The van der Waals surface area contributed by atoms with Gasteiger partial charge in [0.2, 0.25) is 0 Å². The van der Waals surface area contributed by atoms with E-state index >= 15 is 0 Å². The highest BCUT2D eigenvalue weighted by atomic mass is 16.5. The fraction of sp³-hybridized carbons (Fsp3) is 0.571. The van der Waals surface area contributed by atoms with Gasteiger partial charge in [-0.1, -0.05) is 6.92 Å². The summed E-state index contributed by atoms with van der Waals surface area (Å²) in [7, 11) is 0. The van der Waals surface area contributed by atoms with E-state index in [4.69, 9.17) is 5.11 Å². The molecule has 0 amide bonds. The van der Waals surface area contributed by atoms with Crippen molar-refractivity contribution in [2.24, 2.45) is 0 Å². The van der Waals surface area contributed by atoms with Crippen LogP contribution in [0, 0.1) is 0 Å². The summed E-state index contributed by atoms with van der Waals surface area (Å²) in [5.41, 5.74) is 0. The molecule has 0 aliphatic carbocycles. The standard InChI is InChI=1S/C7H12O3/c1-3-5-10-7(9)6(8)4-2/h4,8H,3,5H2,1-2H3/b6-4+. The van der Waals surface area contributed by atoms with Gasteiger partial charge in [-0.05, 0) is 19.4 Å². The van der Waals surface area contributed by atoms with E-state index in [1.165, 1.54) is 6.08 Å². The first kappa shape index (κ1) is 9.01. The van der Waals surface area contributed by atoms with Crippen molar-refractivity contribution in [1.29, 1.82) is 0 Å². The summed E-state index contributed by atoms with van der Waals surface area (Å²) >= 11 is 0. The monoisotopic (exact) mass is 144 g/mol. The first-order valence-corrected chi connectivity index (χ1v) is 3.24. The third-order valence-electron chi connectivity index (χ3n) is 0.920. The van der Waals surface area contributed by atoms with E-state index in [1.54, 1.807) is 6.92 Å². The Morgan fingerprint density at radius 1 is 1.70 bits per heavy atom. The van der Waals surface area contributed by atoms with Crippen molar-refractivity contribution < 1.29 is 14.6 Å². The Hall–Kier alpha value is -0.990. The van der Waals surface area contributed by atoms with E-state index in [9.17, 15) is 4.79 Å². The number of esters is 1. The summed E-state index contributed by atoms with van der Waals surface area (Å²) in [5.74, 6) is -0.974. The molecule has 0 unspecified atom stereocenters. The third-order valence-corrected chi connectivity index (χ3v) is 0.920. The predicted octanol–water partition coefficient (Wildman–Crippen LogP) is 1.40. The highest BCUT2D eigenvalue weighted by molar-refractivity contribution is 5.85. The molecule has 58 valence electrons. The van der Waals surface area contributed by atoms with Gasteiger partial charge < -0.3 is 9.84 Å². The van der Waals surface area contributed by atoms with Crippen LogP contribution in [0.15, 0.2) is 11.8 Å². The number of allylic oxidation sites excluding steroid dienone is 1. The minimum Gasteiger partial charge on any atom is -0.502 e. The molecule has 0 heterocycles. The highest BCUT2D eigenvalue weighted by Gasteiger charge is 2.05. The molecule has 0 atom stereocenters. The number of carbonyl (C=O) groups is 1. The van der Waals surface area contributed by atoms with Crippen molar-refractivity contribution in [2.45, 2.75) is 20.3 Å². The summed E-state index contributed by atoms with van der Waals surface area (Å²) in [5, 5.41) is 8.74. The molecule has 0 saturated heterocycles. The van der Waals surface area contributed by atoms with Crippen LogP contribution in [0.5, 0.6) is 0 Å². The van der Waals surface area contributed by atoms with E-state index in [0.29, 0.717) is 6.61 Å². The molecule has 0 aliphatic heterocycles. The van der Waals surface area contributed by atoms with Gasteiger partial charge in [-0.3, -0.25) is 0 Å². The zero-order chi connectivity index (χ0) is 7.98. The average Bonchev–Trinajstić information content (AvgIpc) is 1.98. The largest absolute Gasteiger partial charge is 0.502 e. The van der Waals surface area contributed by atoms with Gasteiger partial charge >= 0.3 is 5.97 Å². The lowest BCUT2D eigenvalue weighted by atomic mass is 10.4. The second-order valence-electron chi connectivity index (χ2n) is 1.81. The molecule has 0 saturated carbocycles. The Morgan fingerprint density at radius 2 is 2.30 bits per heavy atom. The van der Waals surface area contributed by atoms with Crippen LogP contribution in [0.2, 0.25) is 0 Å². The molecule has 0 aliphatic rings. The van der Waals surface area contributed by atoms with Crippen LogP contribution in [-0.2, 0) is 9.53 Å². The van der Waals surface area contributed by atoms with Gasteiger partial charge in [-0.15, -0.1) is 0 Å². The van der Waals surface area contributed by atoms with Crippen molar-refractivity contribution in [3.05, 3.63) is 11.8 Å². The lowest BCUT2D eigenvalue weighted by molar-refractivity contribution is -0.142. The van der Waals surface area contributed by atoms with Crippen molar-refractivity contribution >= 4 is 5.97 Å². The Labute approximate surface area is 60.3 Å². The van der Waals surface area contributed by atoms with Gasteiger partial charge in [0.15, 0.2) is 5.76 Å². The molecule has 0 spiro atoms. The maximum Gasteiger partial charge on any atom is 0.373 e.